The smallest absolute Gasteiger partial charge is 0.209 e. The average Bonchev–Trinajstić information content (AvgIpc) is 1.65. The first-order valence-electron chi connectivity index (χ1n) is 2.29. The molecule has 0 aromatic carbocycles. The molecule has 8 heavy (non-hydrogen) atoms. The van der Waals surface area contributed by atoms with E-state index in [2.05, 4.69) is 0 Å². The normalized spacial score (nSPS) is 35.8. The maximum atomic E-state index is 12.4. The molecule has 0 N–H and O–H groups in total. The van der Waals surface area contributed by atoms with Crippen LogP contribution < -0.4 is 0 Å². The van der Waals surface area contributed by atoms with Crippen LogP contribution in [0.4, 0.5) is 4.39 Å². The monoisotopic (exact) mass is 131 g/mol. The molecule has 0 aromatic heterocycles. The highest BCUT2D eigenvalue weighted by molar-refractivity contribution is 6.25. The fourth-order valence-corrected chi connectivity index (χ4v) is 0.633. The van der Waals surface area contributed by atoms with Gasteiger partial charge in [0.25, 0.3) is 0 Å². The summed E-state index contributed by atoms with van der Waals surface area (Å²) in [5.74, 6) is 0. The van der Waals surface area contributed by atoms with Gasteiger partial charge in [-0.25, -0.2) is 4.39 Å². The van der Waals surface area contributed by atoms with E-state index < -0.39 is 5.13 Å². The minimum atomic E-state index is -1.74. The number of rotatable bonds is 0. The first kappa shape index (κ1) is 5.83. The molecule has 0 spiro atoms. The van der Waals surface area contributed by atoms with Gasteiger partial charge in [0.1, 0.15) is 0 Å². The minimum Gasteiger partial charge on any atom is -0.221 e. The zero-order valence-electron chi connectivity index (χ0n) is 4.14. The Morgan fingerprint density at radius 1 is 1.25 bits per heavy atom. The van der Waals surface area contributed by atoms with E-state index in [9.17, 15) is 4.39 Å². The van der Waals surface area contributed by atoms with Crippen LogP contribution in [0, 0.1) is 6.42 Å². The van der Waals surface area contributed by atoms with Crippen LogP contribution in [0.3, 0.4) is 0 Å². The Labute approximate surface area is 52.6 Å². The molecule has 0 aliphatic heterocycles. The Hall–Kier alpha value is -0.300. The van der Waals surface area contributed by atoms with Crippen molar-refractivity contribution in [1.29, 1.82) is 0 Å². The van der Waals surface area contributed by atoms with Crippen LogP contribution in [-0.2, 0) is 0 Å². The molecule has 1 unspecified atom stereocenters. The summed E-state index contributed by atoms with van der Waals surface area (Å²) in [5, 5.41) is -1.74. The van der Waals surface area contributed by atoms with E-state index in [1.807, 2.05) is 0 Å². The van der Waals surface area contributed by atoms with Crippen LogP contribution in [0.5, 0.6) is 0 Å². The molecule has 0 nitrogen and oxygen atoms in total. The molecule has 43 valence electrons. The summed E-state index contributed by atoms with van der Waals surface area (Å²) in [6, 6.07) is 0. The maximum absolute atomic E-state index is 12.4. The van der Waals surface area contributed by atoms with Crippen LogP contribution >= 0.6 is 11.6 Å². The highest BCUT2D eigenvalue weighted by Crippen LogP contribution is 2.25. The van der Waals surface area contributed by atoms with Gasteiger partial charge in [-0.05, 0) is 6.08 Å². The van der Waals surface area contributed by atoms with E-state index in [1.54, 1.807) is 18.2 Å². The average molecular weight is 132 g/mol. The SMILES string of the molecule is FC1(Cl)[CH]C=CC=C1. The molecule has 0 fully saturated rings. The molecule has 1 aliphatic carbocycles. The maximum Gasteiger partial charge on any atom is 0.209 e. The quantitative estimate of drug-likeness (QED) is 0.443. The number of halogens is 2. The molecular weight excluding hydrogens is 127 g/mol. The predicted octanol–water partition coefficient (Wildman–Crippen LogP) is 2.22. The fourth-order valence-electron chi connectivity index (χ4n) is 0.487. The lowest BCUT2D eigenvalue weighted by molar-refractivity contribution is 0.398. The van der Waals surface area contributed by atoms with Gasteiger partial charge >= 0.3 is 0 Å². The topological polar surface area (TPSA) is 0 Å². The third kappa shape index (κ3) is 1.34. The van der Waals surface area contributed by atoms with Crippen molar-refractivity contribution in [1.82, 2.24) is 0 Å². The second-order valence-electron chi connectivity index (χ2n) is 1.59. The van der Waals surface area contributed by atoms with Gasteiger partial charge in [-0.2, -0.15) is 0 Å². The molecule has 0 amide bonds. The summed E-state index contributed by atoms with van der Waals surface area (Å²) in [6.45, 7) is 0. The Balaban J connectivity index is 2.65. The molecular formula is C6H5ClF. The zero-order chi connectivity index (χ0) is 6.04. The molecule has 1 rings (SSSR count). The molecule has 0 saturated heterocycles. The highest BCUT2D eigenvalue weighted by Gasteiger charge is 2.21. The lowest BCUT2D eigenvalue weighted by atomic mass is 10.2. The van der Waals surface area contributed by atoms with Crippen molar-refractivity contribution in [3.8, 4) is 0 Å². The minimum absolute atomic E-state index is 1.29. The Kier molecular flexibility index (Phi) is 1.39. The summed E-state index contributed by atoms with van der Waals surface area (Å²) in [6.07, 6.45) is 7.45. The predicted molar refractivity (Wildman–Crippen MR) is 32.3 cm³/mol. The Morgan fingerprint density at radius 3 is 2.25 bits per heavy atom. The molecule has 0 bridgehead atoms. The molecule has 0 aromatic rings. The number of alkyl halides is 2. The second kappa shape index (κ2) is 1.90. The standard InChI is InChI=1S/C6H5ClF/c7-6(8)4-2-1-3-5-6/h1-5H. The van der Waals surface area contributed by atoms with Crippen LogP contribution in [-0.4, -0.2) is 5.13 Å². The van der Waals surface area contributed by atoms with Gasteiger partial charge in [0.2, 0.25) is 5.13 Å². The van der Waals surface area contributed by atoms with Gasteiger partial charge in [0.05, 0.1) is 0 Å². The second-order valence-corrected chi connectivity index (χ2v) is 2.16. The van der Waals surface area contributed by atoms with Crippen molar-refractivity contribution >= 4 is 11.6 Å². The fraction of sp³-hybridized carbons (Fsp3) is 0.167. The molecule has 1 radical (unpaired) electrons. The van der Waals surface area contributed by atoms with E-state index >= 15 is 0 Å². The molecule has 1 atom stereocenters. The molecule has 0 heterocycles. The van der Waals surface area contributed by atoms with Crippen molar-refractivity contribution in [3.05, 3.63) is 30.7 Å². The molecule has 1 aliphatic rings. The highest BCUT2D eigenvalue weighted by atomic mass is 35.5. The van der Waals surface area contributed by atoms with E-state index in [0.717, 1.165) is 0 Å². The van der Waals surface area contributed by atoms with Crippen LogP contribution in [0.1, 0.15) is 0 Å². The van der Waals surface area contributed by atoms with Crippen LogP contribution in [0.2, 0.25) is 0 Å². The van der Waals surface area contributed by atoms with Gasteiger partial charge in [-0.15, -0.1) is 0 Å². The van der Waals surface area contributed by atoms with E-state index in [4.69, 9.17) is 11.6 Å². The van der Waals surface area contributed by atoms with Crippen molar-refractivity contribution in [2.75, 3.05) is 0 Å². The summed E-state index contributed by atoms with van der Waals surface area (Å²) in [5.41, 5.74) is 0. The first-order chi connectivity index (χ1) is 3.71. The summed E-state index contributed by atoms with van der Waals surface area (Å²) >= 11 is 5.21. The van der Waals surface area contributed by atoms with Crippen LogP contribution in [0.25, 0.3) is 0 Å². The van der Waals surface area contributed by atoms with Gasteiger partial charge < -0.3 is 0 Å². The van der Waals surface area contributed by atoms with Gasteiger partial charge in [-0.1, -0.05) is 29.8 Å². The first-order valence-corrected chi connectivity index (χ1v) is 2.67. The van der Waals surface area contributed by atoms with Crippen molar-refractivity contribution in [2.24, 2.45) is 0 Å². The third-order valence-corrected chi connectivity index (χ3v) is 1.11. The lowest BCUT2D eigenvalue weighted by Crippen LogP contribution is -2.10. The number of hydrogen-bond donors (Lipinski definition) is 0. The van der Waals surface area contributed by atoms with Crippen molar-refractivity contribution < 1.29 is 4.39 Å². The van der Waals surface area contributed by atoms with E-state index in [0.29, 0.717) is 0 Å². The molecule has 2 heteroatoms. The third-order valence-electron chi connectivity index (χ3n) is 0.859. The zero-order valence-corrected chi connectivity index (χ0v) is 4.90. The van der Waals surface area contributed by atoms with E-state index in [1.165, 1.54) is 12.5 Å². The number of hydrogen-bond acceptors (Lipinski definition) is 0. The van der Waals surface area contributed by atoms with Gasteiger partial charge in [0, 0.05) is 6.42 Å². The van der Waals surface area contributed by atoms with Crippen LogP contribution in [0.15, 0.2) is 24.3 Å². The lowest BCUT2D eigenvalue weighted by Gasteiger charge is -2.10. The summed E-state index contributed by atoms with van der Waals surface area (Å²) in [7, 11) is 0. The Morgan fingerprint density at radius 2 is 2.00 bits per heavy atom. The summed E-state index contributed by atoms with van der Waals surface area (Å²) in [4.78, 5) is 0. The van der Waals surface area contributed by atoms with E-state index in [-0.39, 0.29) is 0 Å². The van der Waals surface area contributed by atoms with Crippen molar-refractivity contribution in [3.63, 3.8) is 0 Å². The van der Waals surface area contributed by atoms with Crippen molar-refractivity contribution in [2.45, 2.75) is 5.13 Å². The van der Waals surface area contributed by atoms with Gasteiger partial charge in [-0.3, -0.25) is 0 Å². The number of allylic oxidation sites excluding steroid dienone is 4. The summed E-state index contributed by atoms with van der Waals surface area (Å²) < 4.78 is 12.4. The van der Waals surface area contributed by atoms with Gasteiger partial charge in [0.15, 0.2) is 0 Å². The largest absolute Gasteiger partial charge is 0.221 e. The molecule has 0 saturated carbocycles. The Bertz CT molecular complexity index is 135.